The fourth-order valence-corrected chi connectivity index (χ4v) is 1.59. The number of hydrogen-bond donors (Lipinski definition) is 1. The van der Waals surface area contributed by atoms with Crippen molar-refractivity contribution < 1.29 is 22.4 Å². The Labute approximate surface area is 111 Å². The van der Waals surface area contributed by atoms with Gasteiger partial charge in [0.15, 0.2) is 0 Å². The van der Waals surface area contributed by atoms with Gasteiger partial charge in [0.2, 0.25) is 5.95 Å². The van der Waals surface area contributed by atoms with Crippen molar-refractivity contribution >= 4 is 11.7 Å². The lowest BCUT2D eigenvalue weighted by atomic mass is 10.1. The summed E-state index contributed by atoms with van der Waals surface area (Å²) in [6.45, 7) is 0. The number of anilines is 1. The van der Waals surface area contributed by atoms with Crippen molar-refractivity contribution in [2.75, 3.05) is 5.32 Å². The minimum Gasteiger partial charge on any atom is -0.306 e. The smallest absolute Gasteiger partial charge is 0.306 e. The first kappa shape index (κ1) is 14.0. The molecule has 0 fully saturated rings. The Kier molecular flexibility index (Phi) is 3.69. The topological polar surface area (TPSA) is 42.0 Å². The third-order valence-electron chi connectivity index (χ3n) is 2.43. The summed E-state index contributed by atoms with van der Waals surface area (Å²) >= 11 is 0. The van der Waals surface area contributed by atoms with Crippen LogP contribution in [0.4, 0.5) is 23.4 Å². The summed E-state index contributed by atoms with van der Waals surface area (Å²) in [5.41, 5.74) is -1.61. The lowest BCUT2D eigenvalue weighted by Gasteiger charge is -2.12. The molecule has 7 heteroatoms. The predicted molar refractivity (Wildman–Crippen MR) is 63.6 cm³/mol. The molecule has 1 aromatic carbocycles. The maximum atomic E-state index is 12.8. The van der Waals surface area contributed by atoms with Gasteiger partial charge in [-0.3, -0.25) is 4.79 Å². The number of pyridine rings is 1. The second kappa shape index (κ2) is 5.28. The number of nitrogens with one attached hydrogen (secondary N) is 1. The molecule has 1 aromatic heterocycles. The van der Waals surface area contributed by atoms with Crippen molar-refractivity contribution in [2.24, 2.45) is 0 Å². The van der Waals surface area contributed by atoms with Gasteiger partial charge in [0.05, 0.1) is 11.1 Å². The quantitative estimate of drug-likeness (QED) is 0.677. The molecule has 1 heterocycles. The average Bonchev–Trinajstić information content (AvgIpc) is 2.37. The van der Waals surface area contributed by atoms with Crippen LogP contribution in [0.1, 0.15) is 15.9 Å². The monoisotopic (exact) mass is 284 g/mol. The number of rotatable bonds is 2. The van der Waals surface area contributed by atoms with E-state index in [4.69, 9.17) is 0 Å². The SMILES string of the molecule is O=C(Nc1cccc(F)n1)c1ccccc1C(F)(F)F. The van der Waals surface area contributed by atoms with Crippen molar-refractivity contribution in [3.8, 4) is 0 Å². The van der Waals surface area contributed by atoms with Gasteiger partial charge in [-0.1, -0.05) is 18.2 Å². The highest BCUT2D eigenvalue weighted by molar-refractivity contribution is 6.04. The molecule has 0 aliphatic rings. The molecule has 0 atom stereocenters. The molecule has 0 saturated carbocycles. The average molecular weight is 284 g/mol. The van der Waals surface area contributed by atoms with E-state index in [1.807, 2.05) is 0 Å². The second-order valence-corrected chi connectivity index (χ2v) is 3.84. The Balaban J connectivity index is 2.31. The van der Waals surface area contributed by atoms with E-state index in [9.17, 15) is 22.4 Å². The molecule has 1 N–H and O–H groups in total. The molecule has 0 aliphatic carbocycles. The number of aromatic nitrogens is 1. The number of halogens is 4. The van der Waals surface area contributed by atoms with Crippen LogP contribution in [0.3, 0.4) is 0 Å². The van der Waals surface area contributed by atoms with Gasteiger partial charge in [0.25, 0.3) is 5.91 Å². The lowest BCUT2D eigenvalue weighted by molar-refractivity contribution is -0.137. The molecular weight excluding hydrogens is 276 g/mol. The zero-order valence-corrected chi connectivity index (χ0v) is 9.91. The van der Waals surface area contributed by atoms with Crippen molar-refractivity contribution in [3.63, 3.8) is 0 Å². The van der Waals surface area contributed by atoms with E-state index in [0.717, 1.165) is 18.2 Å². The summed E-state index contributed by atoms with van der Waals surface area (Å²) in [6, 6.07) is 7.94. The molecule has 0 radical (unpaired) electrons. The van der Waals surface area contributed by atoms with Gasteiger partial charge in [0.1, 0.15) is 5.82 Å². The molecular formula is C13H8F4N2O. The van der Waals surface area contributed by atoms with Crippen molar-refractivity contribution in [1.82, 2.24) is 4.98 Å². The summed E-state index contributed by atoms with van der Waals surface area (Å²) in [5, 5.41) is 2.12. The summed E-state index contributed by atoms with van der Waals surface area (Å²) in [6.07, 6.45) is -4.65. The minimum atomic E-state index is -4.65. The van der Waals surface area contributed by atoms with Crippen LogP contribution in [0.15, 0.2) is 42.5 Å². The van der Waals surface area contributed by atoms with Gasteiger partial charge in [-0.15, -0.1) is 0 Å². The Morgan fingerprint density at radius 3 is 2.40 bits per heavy atom. The standard InChI is InChI=1S/C13H8F4N2O/c14-10-6-3-7-11(18-10)19-12(20)8-4-1-2-5-9(8)13(15,16)17/h1-7H,(H,18,19,20). The van der Waals surface area contributed by atoms with E-state index in [1.165, 1.54) is 24.3 Å². The van der Waals surface area contributed by atoms with E-state index >= 15 is 0 Å². The maximum Gasteiger partial charge on any atom is 0.417 e. The third-order valence-corrected chi connectivity index (χ3v) is 2.43. The minimum absolute atomic E-state index is 0.160. The number of carbonyl (C=O) groups excluding carboxylic acids is 1. The zero-order chi connectivity index (χ0) is 14.8. The first-order valence-electron chi connectivity index (χ1n) is 5.48. The fraction of sp³-hybridized carbons (Fsp3) is 0.0769. The Bertz CT molecular complexity index is 640. The summed E-state index contributed by atoms with van der Waals surface area (Å²) in [4.78, 5) is 15.2. The van der Waals surface area contributed by atoms with Crippen LogP contribution < -0.4 is 5.32 Å². The predicted octanol–water partition coefficient (Wildman–Crippen LogP) is 3.49. The van der Waals surface area contributed by atoms with Gasteiger partial charge in [0, 0.05) is 0 Å². The fourth-order valence-electron chi connectivity index (χ4n) is 1.59. The molecule has 0 bridgehead atoms. The number of hydrogen-bond acceptors (Lipinski definition) is 2. The van der Waals surface area contributed by atoms with Crippen LogP contribution in [-0.4, -0.2) is 10.9 Å². The van der Waals surface area contributed by atoms with Crippen molar-refractivity contribution in [1.29, 1.82) is 0 Å². The summed E-state index contributed by atoms with van der Waals surface area (Å²) in [7, 11) is 0. The molecule has 0 unspecified atom stereocenters. The number of alkyl halides is 3. The van der Waals surface area contributed by atoms with E-state index in [0.29, 0.717) is 0 Å². The van der Waals surface area contributed by atoms with E-state index < -0.39 is 29.2 Å². The number of benzene rings is 1. The van der Waals surface area contributed by atoms with Crippen LogP contribution in [0.25, 0.3) is 0 Å². The maximum absolute atomic E-state index is 12.8. The Hall–Kier alpha value is -2.44. The second-order valence-electron chi connectivity index (χ2n) is 3.84. The molecule has 2 aromatic rings. The molecule has 3 nitrogen and oxygen atoms in total. The van der Waals surface area contributed by atoms with E-state index in [1.54, 1.807) is 0 Å². The Morgan fingerprint density at radius 1 is 1.05 bits per heavy atom. The zero-order valence-electron chi connectivity index (χ0n) is 9.91. The molecule has 1 amide bonds. The van der Waals surface area contributed by atoms with Crippen LogP contribution in [0.5, 0.6) is 0 Å². The molecule has 2 rings (SSSR count). The van der Waals surface area contributed by atoms with Gasteiger partial charge in [-0.05, 0) is 24.3 Å². The molecule has 104 valence electrons. The molecule has 0 aliphatic heterocycles. The van der Waals surface area contributed by atoms with Gasteiger partial charge in [-0.25, -0.2) is 4.98 Å². The van der Waals surface area contributed by atoms with Crippen LogP contribution >= 0.6 is 0 Å². The van der Waals surface area contributed by atoms with Crippen LogP contribution in [0.2, 0.25) is 0 Å². The summed E-state index contributed by atoms with van der Waals surface area (Å²) < 4.78 is 51.1. The Morgan fingerprint density at radius 2 is 1.75 bits per heavy atom. The molecule has 0 spiro atoms. The number of amides is 1. The molecule has 0 saturated heterocycles. The van der Waals surface area contributed by atoms with Crippen LogP contribution in [-0.2, 0) is 6.18 Å². The van der Waals surface area contributed by atoms with Crippen molar-refractivity contribution in [3.05, 3.63) is 59.5 Å². The number of nitrogens with zero attached hydrogens (tertiary/aromatic N) is 1. The first-order valence-corrected chi connectivity index (χ1v) is 5.48. The highest BCUT2D eigenvalue weighted by atomic mass is 19.4. The van der Waals surface area contributed by atoms with Crippen molar-refractivity contribution in [2.45, 2.75) is 6.18 Å². The normalized spacial score (nSPS) is 11.2. The summed E-state index contributed by atoms with van der Waals surface area (Å²) in [5.74, 6) is -2.00. The molecule has 20 heavy (non-hydrogen) atoms. The highest BCUT2D eigenvalue weighted by Gasteiger charge is 2.34. The lowest BCUT2D eigenvalue weighted by Crippen LogP contribution is -2.19. The third kappa shape index (κ3) is 3.11. The number of carbonyl (C=O) groups is 1. The highest BCUT2D eigenvalue weighted by Crippen LogP contribution is 2.32. The van der Waals surface area contributed by atoms with Gasteiger partial charge >= 0.3 is 6.18 Å². The largest absolute Gasteiger partial charge is 0.417 e. The van der Waals surface area contributed by atoms with Gasteiger partial charge < -0.3 is 5.32 Å². The van der Waals surface area contributed by atoms with E-state index in [-0.39, 0.29) is 5.82 Å². The first-order chi connectivity index (χ1) is 9.38. The van der Waals surface area contributed by atoms with Gasteiger partial charge in [-0.2, -0.15) is 17.6 Å². The van der Waals surface area contributed by atoms with E-state index in [2.05, 4.69) is 10.3 Å². The van der Waals surface area contributed by atoms with Crippen LogP contribution in [0, 0.1) is 5.95 Å².